The molecule has 0 fully saturated rings. The van der Waals surface area contributed by atoms with Gasteiger partial charge in [-0.15, -0.1) is 11.6 Å². The van der Waals surface area contributed by atoms with Crippen LogP contribution in [0.3, 0.4) is 0 Å². The molecular formula is C16H32ClNO. The Morgan fingerprint density at radius 2 is 1.53 bits per heavy atom. The van der Waals surface area contributed by atoms with Crippen molar-refractivity contribution in [3.8, 4) is 0 Å². The molecule has 0 aliphatic carbocycles. The molecule has 0 aliphatic rings. The lowest BCUT2D eigenvalue weighted by atomic mass is 10.1. The van der Waals surface area contributed by atoms with Gasteiger partial charge in [0.15, 0.2) is 0 Å². The molecule has 0 radical (unpaired) electrons. The van der Waals surface area contributed by atoms with Gasteiger partial charge >= 0.3 is 0 Å². The number of hydrogen-bond donors (Lipinski definition) is 1. The summed E-state index contributed by atoms with van der Waals surface area (Å²) in [7, 11) is 0. The predicted octanol–water partition coefficient (Wildman–Crippen LogP) is 4.90. The van der Waals surface area contributed by atoms with Crippen molar-refractivity contribution in [2.45, 2.75) is 78.1 Å². The number of halogens is 1. The second-order valence-electron chi connectivity index (χ2n) is 5.64. The maximum absolute atomic E-state index is 11.5. The van der Waals surface area contributed by atoms with Gasteiger partial charge in [-0.05, 0) is 12.3 Å². The Morgan fingerprint density at radius 1 is 1.00 bits per heavy atom. The first-order valence-corrected chi connectivity index (χ1v) is 8.56. The zero-order chi connectivity index (χ0) is 14.3. The molecule has 0 aromatic carbocycles. The minimum Gasteiger partial charge on any atom is -0.356 e. The van der Waals surface area contributed by atoms with Crippen LogP contribution in [0.2, 0.25) is 0 Å². The van der Waals surface area contributed by atoms with Gasteiger partial charge in [0.2, 0.25) is 5.91 Å². The van der Waals surface area contributed by atoms with E-state index in [-0.39, 0.29) is 5.91 Å². The number of carbonyl (C=O) groups is 1. The Balaban J connectivity index is 3.18. The molecule has 0 rings (SSSR count). The fraction of sp³-hybridized carbons (Fsp3) is 0.938. The SMILES string of the molecule is CCCCCCCCCCCC(=O)NCC(C)CCl. The summed E-state index contributed by atoms with van der Waals surface area (Å²) in [6, 6.07) is 0. The van der Waals surface area contributed by atoms with Crippen LogP contribution in [-0.2, 0) is 4.79 Å². The molecule has 1 N–H and O–H groups in total. The second-order valence-corrected chi connectivity index (χ2v) is 5.95. The van der Waals surface area contributed by atoms with Gasteiger partial charge in [-0.25, -0.2) is 0 Å². The minimum atomic E-state index is 0.180. The minimum absolute atomic E-state index is 0.180. The second kappa shape index (κ2) is 14.2. The van der Waals surface area contributed by atoms with Crippen molar-refractivity contribution in [3.63, 3.8) is 0 Å². The standard InChI is InChI=1S/C16H32ClNO/c1-3-4-5-6-7-8-9-10-11-12-16(19)18-14-15(2)13-17/h15H,3-14H2,1-2H3,(H,18,19). The highest BCUT2D eigenvalue weighted by atomic mass is 35.5. The molecule has 0 saturated heterocycles. The third-order valence-electron chi connectivity index (χ3n) is 3.42. The highest BCUT2D eigenvalue weighted by molar-refractivity contribution is 6.18. The van der Waals surface area contributed by atoms with E-state index >= 15 is 0 Å². The molecule has 1 unspecified atom stereocenters. The summed E-state index contributed by atoms with van der Waals surface area (Å²) in [4.78, 5) is 11.5. The number of carbonyl (C=O) groups excluding carboxylic acids is 1. The maximum Gasteiger partial charge on any atom is 0.220 e. The number of hydrogen-bond acceptors (Lipinski definition) is 1. The smallest absolute Gasteiger partial charge is 0.220 e. The molecule has 0 saturated carbocycles. The van der Waals surface area contributed by atoms with Crippen LogP contribution in [0.5, 0.6) is 0 Å². The average molecular weight is 290 g/mol. The maximum atomic E-state index is 11.5. The summed E-state index contributed by atoms with van der Waals surface area (Å²) in [5.41, 5.74) is 0. The number of nitrogens with one attached hydrogen (secondary N) is 1. The van der Waals surface area contributed by atoms with E-state index in [1.54, 1.807) is 0 Å². The number of alkyl halides is 1. The van der Waals surface area contributed by atoms with E-state index in [1.807, 2.05) is 6.92 Å². The molecule has 0 heterocycles. The fourth-order valence-corrected chi connectivity index (χ4v) is 2.14. The van der Waals surface area contributed by atoms with Crippen LogP contribution in [0.15, 0.2) is 0 Å². The molecule has 3 heteroatoms. The molecule has 0 aromatic rings. The van der Waals surface area contributed by atoms with Crippen molar-refractivity contribution >= 4 is 17.5 Å². The zero-order valence-corrected chi connectivity index (χ0v) is 13.6. The summed E-state index contributed by atoms with van der Waals surface area (Å²) < 4.78 is 0. The molecule has 0 aliphatic heterocycles. The van der Waals surface area contributed by atoms with E-state index < -0.39 is 0 Å². The van der Waals surface area contributed by atoms with Crippen LogP contribution in [0, 0.1) is 5.92 Å². The lowest BCUT2D eigenvalue weighted by molar-refractivity contribution is -0.121. The first-order valence-electron chi connectivity index (χ1n) is 8.03. The Morgan fingerprint density at radius 3 is 2.05 bits per heavy atom. The summed E-state index contributed by atoms with van der Waals surface area (Å²) >= 11 is 5.69. The zero-order valence-electron chi connectivity index (χ0n) is 12.8. The molecule has 0 bridgehead atoms. The fourth-order valence-electron chi connectivity index (χ4n) is 2.03. The lowest BCUT2D eigenvalue weighted by Gasteiger charge is -2.09. The molecule has 0 aromatic heterocycles. The van der Waals surface area contributed by atoms with E-state index in [0.717, 1.165) is 6.42 Å². The summed E-state index contributed by atoms with van der Waals surface area (Å²) in [5, 5.41) is 2.94. The van der Waals surface area contributed by atoms with Crippen LogP contribution < -0.4 is 5.32 Å². The monoisotopic (exact) mass is 289 g/mol. The third-order valence-corrected chi connectivity index (χ3v) is 3.95. The van der Waals surface area contributed by atoms with Crippen molar-refractivity contribution in [1.82, 2.24) is 5.32 Å². The number of rotatable bonds is 13. The van der Waals surface area contributed by atoms with Crippen molar-refractivity contribution in [2.24, 2.45) is 5.92 Å². The number of unbranched alkanes of at least 4 members (excludes halogenated alkanes) is 8. The molecule has 0 spiro atoms. The first kappa shape index (κ1) is 18.8. The highest BCUT2D eigenvalue weighted by Gasteiger charge is 2.04. The van der Waals surface area contributed by atoms with Crippen molar-refractivity contribution < 1.29 is 4.79 Å². The van der Waals surface area contributed by atoms with Crippen LogP contribution in [-0.4, -0.2) is 18.3 Å². The molecule has 19 heavy (non-hydrogen) atoms. The quantitative estimate of drug-likeness (QED) is 0.379. The van der Waals surface area contributed by atoms with Gasteiger partial charge in [0.1, 0.15) is 0 Å². The topological polar surface area (TPSA) is 29.1 Å². The van der Waals surface area contributed by atoms with Gasteiger partial charge in [-0.3, -0.25) is 4.79 Å². The molecular weight excluding hydrogens is 258 g/mol. The predicted molar refractivity (Wildman–Crippen MR) is 84.7 cm³/mol. The first-order chi connectivity index (χ1) is 9.20. The van der Waals surface area contributed by atoms with Crippen LogP contribution in [0.1, 0.15) is 78.1 Å². The van der Waals surface area contributed by atoms with E-state index in [2.05, 4.69) is 12.2 Å². The summed E-state index contributed by atoms with van der Waals surface area (Å²) in [6.45, 7) is 5.00. The van der Waals surface area contributed by atoms with Gasteiger partial charge in [0, 0.05) is 18.8 Å². The molecule has 2 nitrogen and oxygen atoms in total. The van der Waals surface area contributed by atoms with Crippen molar-refractivity contribution in [3.05, 3.63) is 0 Å². The van der Waals surface area contributed by atoms with Gasteiger partial charge < -0.3 is 5.32 Å². The number of amides is 1. The van der Waals surface area contributed by atoms with Crippen molar-refractivity contribution in [2.75, 3.05) is 12.4 Å². The Labute approximate surface area is 124 Å². The third kappa shape index (κ3) is 14.0. The lowest BCUT2D eigenvalue weighted by Crippen LogP contribution is -2.28. The van der Waals surface area contributed by atoms with E-state index in [9.17, 15) is 4.79 Å². The van der Waals surface area contributed by atoms with Crippen LogP contribution in [0.4, 0.5) is 0 Å². The highest BCUT2D eigenvalue weighted by Crippen LogP contribution is 2.10. The Hall–Kier alpha value is -0.240. The van der Waals surface area contributed by atoms with Gasteiger partial charge in [-0.2, -0.15) is 0 Å². The van der Waals surface area contributed by atoms with Crippen LogP contribution >= 0.6 is 11.6 Å². The molecule has 1 amide bonds. The van der Waals surface area contributed by atoms with E-state index in [0.29, 0.717) is 24.8 Å². The largest absolute Gasteiger partial charge is 0.356 e. The van der Waals surface area contributed by atoms with Crippen molar-refractivity contribution in [1.29, 1.82) is 0 Å². The van der Waals surface area contributed by atoms with E-state index in [4.69, 9.17) is 11.6 Å². The Bertz CT molecular complexity index is 209. The van der Waals surface area contributed by atoms with Gasteiger partial charge in [-0.1, -0.05) is 65.2 Å². The Kier molecular flexibility index (Phi) is 14.0. The summed E-state index contributed by atoms with van der Waals surface area (Å²) in [6.07, 6.45) is 12.3. The molecule has 114 valence electrons. The molecule has 1 atom stereocenters. The summed E-state index contributed by atoms with van der Waals surface area (Å²) in [5.74, 6) is 1.16. The van der Waals surface area contributed by atoms with Gasteiger partial charge in [0.25, 0.3) is 0 Å². The van der Waals surface area contributed by atoms with E-state index in [1.165, 1.54) is 51.4 Å². The normalized spacial score (nSPS) is 12.4. The average Bonchev–Trinajstić information content (AvgIpc) is 2.42. The van der Waals surface area contributed by atoms with Crippen LogP contribution in [0.25, 0.3) is 0 Å². The van der Waals surface area contributed by atoms with Gasteiger partial charge in [0.05, 0.1) is 0 Å².